The lowest BCUT2D eigenvalue weighted by Crippen LogP contribution is -2.12. The van der Waals surface area contributed by atoms with Crippen LogP contribution in [0.2, 0.25) is 0 Å². The monoisotopic (exact) mass is 261 g/mol. The molecule has 2 heterocycles. The van der Waals surface area contributed by atoms with Gasteiger partial charge in [-0.05, 0) is 12.1 Å². The molecule has 0 saturated heterocycles. The van der Waals surface area contributed by atoms with Gasteiger partial charge in [0.25, 0.3) is 0 Å². The zero-order valence-corrected chi connectivity index (χ0v) is 10.5. The number of aromatic carboxylic acids is 1. The third kappa shape index (κ3) is 3.01. The van der Waals surface area contributed by atoms with Crippen LogP contribution in [-0.2, 0) is 13.5 Å². The topological polar surface area (TPSA) is 106 Å². The van der Waals surface area contributed by atoms with Gasteiger partial charge in [-0.15, -0.1) is 0 Å². The van der Waals surface area contributed by atoms with Crippen molar-refractivity contribution in [2.45, 2.75) is 6.42 Å². The number of hydrogen-bond acceptors (Lipinski definition) is 5. The van der Waals surface area contributed by atoms with Crippen molar-refractivity contribution in [3.05, 3.63) is 35.8 Å². The summed E-state index contributed by atoms with van der Waals surface area (Å²) in [6.07, 6.45) is 4.00. The molecule has 0 fully saturated rings. The van der Waals surface area contributed by atoms with Crippen molar-refractivity contribution in [2.24, 2.45) is 7.05 Å². The van der Waals surface area contributed by atoms with Gasteiger partial charge in [0.1, 0.15) is 5.82 Å². The SMILES string of the molecule is Cn1ccc(CCNc2nccc(C(=O)O)c2N)n1. The molecule has 2 aromatic heterocycles. The molecule has 2 aromatic rings. The van der Waals surface area contributed by atoms with Crippen molar-refractivity contribution in [3.63, 3.8) is 0 Å². The van der Waals surface area contributed by atoms with Gasteiger partial charge in [-0.2, -0.15) is 5.10 Å². The normalized spacial score (nSPS) is 10.4. The number of carboxylic acids is 1. The summed E-state index contributed by atoms with van der Waals surface area (Å²) in [5, 5.41) is 16.2. The molecule has 0 radical (unpaired) electrons. The highest BCUT2D eigenvalue weighted by Crippen LogP contribution is 2.19. The average Bonchev–Trinajstić information content (AvgIpc) is 2.77. The predicted octanol–water partition coefficient (Wildman–Crippen LogP) is 0.750. The fraction of sp³-hybridized carbons (Fsp3) is 0.250. The summed E-state index contributed by atoms with van der Waals surface area (Å²) in [5.41, 5.74) is 6.89. The molecule has 0 aromatic carbocycles. The van der Waals surface area contributed by atoms with Gasteiger partial charge in [-0.3, -0.25) is 4.68 Å². The second kappa shape index (κ2) is 5.38. The molecule has 2 rings (SSSR count). The predicted molar refractivity (Wildman–Crippen MR) is 71.0 cm³/mol. The lowest BCUT2D eigenvalue weighted by Gasteiger charge is -2.09. The molecule has 0 atom stereocenters. The second-order valence-electron chi connectivity index (χ2n) is 4.08. The maximum absolute atomic E-state index is 10.9. The standard InChI is InChI=1S/C12H15N5O2/c1-17-7-4-8(16-17)2-5-14-11-10(13)9(12(18)19)3-6-15-11/h3-4,6-7H,2,5,13H2,1H3,(H,14,15)(H,18,19). The summed E-state index contributed by atoms with van der Waals surface area (Å²) in [6, 6.07) is 3.30. The van der Waals surface area contributed by atoms with Crippen molar-refractivity contribution in [2.75, 3.05) is 17.6 Å². The van der Waals surface area contributed by atoms with E-state index in [1.54, 1.807) is 4.68 Å². The van der Waals surface area contributed by atoms with Crippen LogP contribution >= 0.6 is 0 Å². The highest BCUT2D eigenvalue weighted by molar-refractivity contribution is 5.96. The molecule has 7 nitrogen and oxygen atoms in total. The van der Waals surface area contributed by atoms with Crippen LogP contribution < -0.4 is 11.1 Å². The van der Waals surface area contributed by atoms with Gasteiger partial charge < -0.3 is 16.2 Å². The summed E-state index contributed by atoms with van der Waals surface area (Å²) in [5.74, 6) is -0.677. The lowest BCUT2D eigenvalue weighted by atomic mass is 10.2. The van der Waals surface area contributed by atoms with Crippen LogP contribution in [0.5, 0.6) is 0 Å². The highest BCUT2D eigenvalue weighted by atomic mass is 16.4. The third-order valence-corrected chi connectivity index (χ3v) is 2.66. The van der Waals surface area contributed by atoms with Crippen molar-refractivity contribution in [1.82, 2.24) is 14.8 Å². The molecule has 0 saturated carbocycles. The van der Waals surface area contributed by atoms with Crippen molar-refractivity contribution < 1.29 is 9.90 Å². The molecule has 4 N–H and O–H groups in total. The Hall–Kier alpha value is -2.57. The van der Waals surface area contributed by atoms with E-state index < -0.39 is 5.97 Å². The molecule has 0 aliphatic rings. The fourth-order valence-electron chi connectivity index (χ4n) is 1.71. The number of nitrogen functional groups attached to an aromatic ring is 1. The smallest absolute Gasteiger partial charge is 0.337 e. The number of nitrogens with zero attached hydrogens (tertiary/aromatic N) is 3. The van der Waals surface area contributed by atoms with Gasteiger partial charge in [-0.25, -0.2) is 9.78 Å². The maximum atomic E-state index is 10.9. The Morgan fingerprint density at radius 1 is 1.53 bits per heavy atom. The van der Waals surface area contributed by atoms with Crippen molar-refractivity contribution >= 4 is 17.5 Å². The fourth-order valence-corrected chi connectivity index (χ4v) is 1.71. The van der Waals surface area contributed by atoms with E-state index in [0.717, 1.165) is 5.69 Å². The van der Waals surface area contributed by atoms with Crippen molar-refractivity contribution in [3.8, 4) is 0 Å². The van der Waals surface area contributed by atoms with Gasteiger partial charge in [-0.1, -0.05) is 0 Å². The molecule has 100 valence electrons. The first-order chi connectivity index (χ1) is 9.08. The van der Waals surface area contributed by atoms with Crippen LogP contribution in [0, 0.1) is 0 Å². The summed E-state index contributed by atoms with van der Waals surface area (Å²) in [4.78, 5) is 15.0. The largest absolute Gasteiger partial charge is 0.478 e. The first kappa shape index (κ1) is 12.9. The summed E-state index contributed by atoms with van der Waals surface area (Å²) in [6.45, 7) is 0.581. The molecular weight excluding hydrogens is 246 g/mol. The van der Waals surface area contributed by atoms with Crippen LogP contribution in [0.25, 0.3) is 0 Å². The van der Waals surface area contributed by atoms with E-state index in [9.17, 15) is 4.79 Å². The Morgan fingerprint density at radius 2 is 2.32 bits per heavy atom. The van der Waals surface area contributed by atoms with E-state index in [1.807, 2.05) is 19.3 Å². The number of rotatable bonds is 5. The minimum atomic E-state index is -1.06. The Kier molecular flexibility index (Phi) is 3.65. The van der Waals surface area contributed by atoms with Crippen LogP contribution in [0.1, 0.15) is 16.1 Å². The van der Waals surface area contributed by atoms with Crippen LogP contribution in [0.4, 0.5) is 11.5 Å². The van der Waals surface area contributed by atoms with Gasteiger partial charge in [0.15, 0.2) is 0 Å². The Labute approximate surface area is 110 Å². The zero-order valence-electron chi connectivity index (χ0n) is 10.5. The molecule has 19 heavy (non-hydrogen) atoms. The van der Waals surface area contributed by atoms with Crippen LogP contribution in [-0.4, -0.2) is 32.4 Å². The van der Waals surface area contributed by atoms with Gasteiger partial charge in [0.05, 0.1) is 16.9 Å². The first-order valence-electron chi connectivity index (χ1n) is 5.78. The zero-order chi connectivity index (χ0) is 13.8. The first-order valence-corrected chi connectivity index (χ1v) is 5.78. The van der Waals surface area contributed by atoms with E-state index in [-0.39, 0.29) is 11.3 Å². The number of carbonyl (C=O) groups is 1. The number of aromatic nitrogens is 3. The quantitative estimate of drug-likeness (QED) is 0.733. The number of anilines is 2. The van der Waals surface area contributed by atoms with E-state index in [0.29, 0.717) is 18.8 Å². The number of hydrogen-bond donors (Lipinski definition) is 3. The Morgan fingerprint density at radius 3 is 2.95 bits per heavy atom. The maximum Gasteiger partial charge on any atom is 0.337 e. The molecule has 0 aliphatic carbocycles. The van der Waals surface area contributed by atoms with Gasteiger partial charge in [0, 0.05) is 32.4 Å². The molecule has 0 spiro atoms. The Balaban J connectivity index is 2.00. The Bertz CT molecular complexity index is 594. The number of carboxylic acid groups (broad SMARTS) is 1. The van der Waals surface area contributed by atoms with Crippen molar-refractivity contribution in [1.29, 1.82) is 0 Å². The third-order valence-electron chi connectivity index (χ3n) is 2.66. The highest BCUT2D eigenvalue weighted by Gasteiger charge is 2.11. The number of nitrogens with one attached hydrogen (secondary N) is 1. The number of nitrogens with two attached hydrogens (primary N) is 1. The molecular formula is C12H15N5O2. The van der Waals surface area contributed by atoms with E-state index in [4.69, 9.17) is 10.8 Å². The summed E-state index contributed by atoms with van der Waals surface area (Å²) >= 11 is 0. The summed E-state index contributed by atoms with van der Waals surface area (Å²) < 4.78 is 1.73. The summed E-state index contributed by atoms with van der Waals surface area (Å²) in [7, 11) is 1.85. The number of aryl methyl sites for hydroxylation is 1. The minimum Gasteiger partial charge on any atom is -0.478 e. The molecule has 0 unspecified atom stereocenters. The van der Waals surface area contributed by atoms with Gasteiger partial charge in [0.2, 0.25) is 0 Å². The average molecular weight is 261 g/mol. The minimum absolute atomic E-state index is 0.0512. The number of pyridine rings is 1. The lowest BCUT2D eigenvalue weighted by molar-refractivity contribution is 0.0698. The van der Waals surface area contributed by atoms with E-state index in [2.05, 4.69) is 15.4 Å². The molecule has 0 amide bonds. The van der Waals surface area contributed by atoms with Gasteiger partial charge >= 0.3 is 5.97 Å². The second-order valence-corrected chi connectivity index (χ2v) is 4.08. The van der Waals surface area contributed by atoms with Crippen LogP contribution in [0.3, 0.4) is 0 Å². The molecule has 0 aliphatic heterocycles. The molecule has 0 bridgehead atoms. The van der Waals surface area contributed by atoms with E-state index >= 15 is 0 Å². The van der Waals surface area contributed by atoms with E-state index in [1.165, 1.54) is 12.3 Å². The molecule has 7 heteroatoms. The van der Waals surface area contributed by atoms with Crippen LogP contribution in [0.15, 0.2) is 24.5 Å².